The first kappa shape index (κ1) is 26.7. The van der Waals surface area contributed by atoms with E-state index in [-0.39, 0.29) is 24.6 Å². The molecular formula is C29H28N4O4S2. The molecule has 1 saturated heterocycles. The number of hydrogen-bond acceptors (Lipinski definition) is 7. The van der Waals surface area contributed by atoms with Crippen LogP contribution in [0.2, 0.25) is 0 Å². The maximum absolute atomic E-state index is 12.3. The number of thiocarbonyl (C=S) groups is 1. The van der Waals surface area contributed by atoms with Gasteiger partial charge in [-0.3, -0.25) is 9.78 Å². The molecule has 1 amide bonds. The highest BCUT2D eigenvalue weighted by atomic mass is 32.2. The SMILES string of the molecule is COCC(=O)Nc1cc(N2C(=S)NC(c3ccccn3)C2c2ccc(Sc3ccc(C)cc3)o2)ccc1OC. The monoisotopic (exact) mass is 560 g/mol. The van der Waals surface area contributed by atoms with Gasteiger partial charge < -0.3 is 29.4 Å². The van der Waals surface area contributed by atoms with E-state index in [1.54, 1.807) is 31.1 Å². The quantitative estimate of drug-likeness (QED) is 0.243. The number of aromatic nitrogens is 1. The maximum atomic E-state index is 12.3. The van der Waals surface area contributed by atoms with Gasteiger partial charge in [0.25, 0.3) is 0 Å². The first-order valence-electron chi connectivity index (χ1n) is 12.3. The lowest BCUT2D eigenvalue weighted by atomic mass is 10.0. The van der Waals surface area contributed by atoms with Crippen LogP contribution in [0.1, 0.15) is 29.1 Å². The zero-order chi connectivity index (χ0) is 27.4. The third kappa shape index (κ3) is 5.93. The molecule has 1 aliphatic rings. The van der Waals surface area contributed by atoms with Crippen molar-refractivity contribution in [1.29, 1.82) is 0 Å². The Morgan fingerprint density at radius 3 is 2.67 bits per heavy atom. The number of benzene rings is 2. The van der Waals surface area contributed by atoms with Crippen molar-refractivity contribution >= 4 is 46.4 Å². The smallest absolute Gasteiger partial charge is 0.250 e. The molecule has 4 aromatic rings. The van der Waals surface area contributed by atoms with Gasteiger partial charge in [-0.15, -0.1) is 0 Å². The van der Waals surface area contributed by atoms with Crippen LogP contribution >= 0.6 is 24.0 Å². The zero-order valence-electron chi connectivity index (χ0n) is 21.7. The summed E-state index contributed by atoms with van der Waals surface area (Å²) in [5.41, 5.74) is 3.30. The fraction of sp³-hybridized carbons (Fsp3) is 0.207. The van der Waals surface area contributed by atoms with Crippen LogP contribution in [-0.4, -0.2) is 36.8 Å². The molecule has 0 aliphatic carbocycles. The van der Waals surface area contributed by atoms with E-state index in [4.69, 9.17) is 26.1 Å². The lowest BCUT2D eigenvalue weighted by Gasteiger charge is -2.27. The number of aryl methyl sites for hydroxylation is 1. The number of ether oxygens (including phenoxy) is 2. The van der Waals surface area contributed by atoms with Crippen molar-refractivity contribution < 1.29 is 18.7 Å². The Balaban J connectivity index is 1.52. The van der Waals surface area contributed by atoms with Crippen LogP contribution in [0, 0.1) is 6.92 Å². The molecule has 0 bridgehead atoms. The molecular weight excluding hydrogens is 532 g/mol. The lowest BCUT2D eigenvalue weighted by Crippen LogP contribution is -2.29. The summed E-state index contributed by atoms with van der Waals surface area (Å²) < 4.78 is 16.9. The van der Waals surface area contributed by atoms with E-state index in [1.807, 2.05) is 47.4 Å². The molecule has 2 atom stereocenters. The van der Waals surface area contributed by atoms with E-state index in [1.165, 1.54) is 12.7 Å². The number of nitrogens with zero attached hydrogens (tertiary/aromatic N) is 2. The fourth-order valence-corrected chi connectivity index (χ4v) is 5.58. The van der Waals surface area contributed by atoms with E-state index >= 15 is 0 Å². The molecule has 2 aromatic heterocycles. The number of furan rings is 1. The van der Waals surface area contributed by atoms with Gasteiger partial charge in [-0.2, -0.15) is 0 Å². The summed E-state index contributed by atoms with van der Waals surface area (Å²) >= 11 is 7.40. The van der Waals surface area contributed by atoms with Crippen LogP contribution in [-0.2, 0) is 9.53 Å². The molecule has 0 spiro atoms. The molecule has 0 saturated carbocycles. The molecule has 2 unspecified atom stereocenters. The van der Waals surface area contributed by atoms with Gasteiger partial charge in [-0.05, 0) is 73.7 Å². The minimum Gasteiger partial charge on any atom is -0.495 e. The van der Waals surface area contributed by atoms with Crippen molar-refractivity contribution in [2.45, 2.75) is 29.0 Å². The van der Waals surface area contributed by atoms with Gasteiger partial charge in [0.15, 0.2) is 10.2 Å². The largest absolute Gasteiger partial charge is 0.495 e. The van der Waals surface area contributed by atoms with Crippen molar-refractivity contribution in [3.05, 3.63) is 96.0 Å². The second kappa shape index (κ2) is 11.9. The molecule has 10 heteroatoms. The summed E-state index contributed by atoms with van der Waals surface area (Å²) in [5.74, 6) is 0.962. The summed E-state index contributed by atoms with van der Waals surface area (Å²) in [4.78, 5) is 20.0. The van der Waals surface area contributed by atoms with E-state index in [0.717, 1.165) is 27.1 Å². The number of carbonyl (C=O) groups is 1. The van der Waals surface area contributed by atoms with Gasteiger partial charge in [-0.1, -0.05) is 35.5 Å². The summed E-state index contributed by atoms with van der Waals surface area (Å²) in [5, 5.41) is 7.57. The zero-order valence-corrected chi connectivity index (χ0v) is 23.3. The number of methoxy groups -OCH3 is 2. The summed E-state index contributed by atoms with van der Waals surface area (Å²) in [6.45, 7) is 1.99. The number of amides is 1. The molecule has 2 aromatic carbocycles. The van der Waals surface area contributed by atoms with Crippen LogP contribution in [0.5, 0.6) is 5.75 Å². The van der Waals surface area contributed by atoms with E-state index in [2.05, 4.69) is 46.8 Å². The molecule has 1 fully saturated rings. The van der Waals surface area contributed by atoms with E-state index in [9.17, 15) is 4.79 Å². The molecule has 39 heavy (non-hydrogen) atoms. The van der Waals surface area contributed by atoms with E-state index < -0.39 is 0 Å². The fourth-order valence-electron chi connectivity index (χ4n) is 4.45. The normalized spacial score (nSPS) is 16.7. The van der Waals surface area contributed by atoms with E-state index in [0.29, 0.717) is 16.5 Å². The minimum atomic E-state index is -0.337. The maximum Gasteiger partial charge on any atom is 0.250 e. The molecule has 2 N–H and O–H groups in total. The summed E-state index contributed by atoms with van der Waals surface area (Å²) in [6, 6.07) is 23.0. The summed E-state index contributed by atoms with van der Waals surface area (Å²) in [6.07, 6.45) is 1.76. The first-order chi connectivity index (χ1) is 19.0. The van der Waals surface area contributed by atoms with Crippen LogP contribution in [0.3, 0.4) is 0 Å². The van der Waals surface area contributed by atoms with Crippen molar-refractivity contribution in [3.8, 4) is 5.75 Å². The molecule has 3 heterocycles. The van der Waals surface area contributed by atoms with Crippen LogP contribution in [0.4, 0.5) is 11.4 Å². The van der Waals surface area contributed by atoms with Crippen molar-refractivity contribution in [1.82, 2.24) is 10.3 Å². The second-order valence-electron chi connectivity index (χ2n) is 8.93. The molecule has 200 valence electrons. The topological polar surface area (TPSA) is 88.9 Å². The van der Waals surface area contributed by atoms with Crippen molar-refractivity contribution in [2.75, 3.05) is 31.0 Å². The van der Waals surface area contributed by atoms with Crippen LogP contribution < -0.4 is 20.3 Å². The third-order valence-electron chi connectivity index (χ3n) is 6.24. The number of pyridine rings is 1. The third-order valence-corrected chi connectivity index (χ3v) is 7.48. The predicted molar refractivity (Wildman–Crippen MR) is 155 cm³/mol. The number of hydrogen-bond donors (Lipinski definition) is 2. The minimum absolute atomic E-state index is 0.0741. The van der Waals surface area contributed by atoms with Gasteiger partial charge in [0, 0.05) is 23.9 Å². The van der Waals surface area contributed by atoms with Crippen molar-refractivity contribution in [3.63, 3.8) is 0 Å². The molecule has 8 nitrogen and oxygen atoms in total. The Bertz CT molecular complexity index is 1460. The highest BCUT2D eigenvalue weighted by molar-refractivity contribution is 7.99. The Hall–Kier alpha value is -3.86. The van der Waals surface area contributed by atoms with Gasteiger partial charge in [-0.25, -0.2) is 0 Å². The number of anilines is 2. The van der Waals surface area contributed by atoms with Gasteiger partial charge in [0.05, 0.1) is 24.5 Å². The predicted octanol–water partition coefficient (Wildman–Crippen LogP) is 5.90. The Labute approximate surface area is 236 Å². The van der Waals surface area contributed by atoms with Gasteiger partial charge in [0.1, 0.15) is 24.2 Å². The highest BCUT2D eigenvalue weighted by Crippen LogP contribution is 2.44. The van der Waals surface area contributed by atoms with Crippen LogP contribution in [0.15, 0.2) is 93.4 Å². The van der Waals surface area contributed by atoms with Gasteiger partial charge >= 0.3 is 0 Å². The average molecular weight is 561 g/mol. The standard InChI is InChI=1S/C29H28N4O4S2/c1-18-7-10-20(11-8-18)39-26-14-13-24(37-26)28-27(21-6-4-5-15-30-21)32-29(38)33(28)19-9-12-23(36-3)22(16-19)31-25(34)17-35-2/h4-16,27-28H,17H2,1-3H3,(H,31,34)(H,32,38). The Morgan fingerprint density at radius 1 is 1.13 bits per heavy atom. The number of rotatable bonds is 9. The Kier molecular flexibility index (Phi) is 8.16. The molecule has 5 rings (SSSR count). The first-order valence-corrected chi connectivity index (χ1v) is 13.5. The molecule has 1 aliphatic heterocycles. The summed E-state index contributed by atoms with van der Waals surface area (Å²) in [7, 11) is 3.03. The Morgan fingerprint density at radius 2 is 1.95 bits per heavy atom. The highest BCUT2D eigenvalue weighted by Gasteiger charge is 2.42. The van der Waals surface area contributed by atoms with Crippen molar-refractivity contribution in [2.24, 2.45) is 0 Å². The average Bonchev–Trinajstić information content (AvgIpc) is 3.54. The lowest BCUT2D eigenvalue weighted by molar-refractivity contribution is -0.119. The second-order valence-corrected chi connectivity index (χ2v) is 10.4. The molecule has 0 radical (unpaired) electrons. The van der Waals surface area contributed by atoms with Crippen LogP contribution in [0.25, 0.3) is 0 Å². The number of carbonyl (C=O) groups excluding carboxylic acids is 1. The van der Waals surface area contributed by atoms with Gasteiger partial charge in [0.2, 0.25) is 5.91 Å². The number of nitrogens with one attached hydrogen (secondary N) is 2.